The molecule has 0 unspecified atom stereocenters. The van der Waals surface area contributed by atoms with E-state index >= 15 is 0 Å². The summed E-state index contributed by atoms with van der Waals surface area (Å²) in [6.45, 7) is 9.20. The van der Waals surface area contributed by atoms with Crippen LogP contribution in [0, 0.1) is 6.92 Å². The van der Waals surface area contributed by atoms with Gasteiger partial charge in [0, 0.05) is 12.2 Å². The average Bonchev–Trinajstić information content (AvgIpc) is 2.37. The monoisotopic (exact) mass is 262 g/mol. The molecule has 2 N–H and O–H groups in total. The number of aryl methyl sites for hydroxylation is 1. The third-order valence-corrected chi connectivity index (χ3v) is 3.23. The van der Waals surface area contributed by atoms with Crippen molar-refractivity contribution in [2.45, 2.75) is 52.9 Å². The molecule has 0 aromatic heterocycles. The van der Waals surface area contributed by atoms with Crippen molar-refractivity contribution in [2.24, 2.45) is 0 Å². The van der Waals surface area contributed by atoms with Gasteiger partial charge in [-0.3, -0.25) is 0 Å². The zero-order valence-corrected chi connectivity index (χ0v) is 12.5. The molecule has 0 aliphatic carbocycles. The highest BCUT2D eigenvalue weighted by Gasteiger charge is 2.11. The first kappa shape index (κ1) is 15.5. The molecular weight excluding hydrogens is 236 g/mol. The van der Waals surface area contributed by atoms with Gasteiger partial charge in [0.15, 0.2) is 0 Å². The Hall–Kier alpha value is -1.51. The fraction of sp³-hybridized carbons (Fsp3) is 0.562. The SMILES string of the molecule is CCCCCNC(=O)Nc1c(C)cccc1C(C)C. The van der Waals surface area contributed by atoms with Crippen molar-refractivity contribution in [3.63, 3.8) is 0 Å². The Balaban J connectivity index is 2.63. The highest BCUT2D eigenvalue weighted by Crippen LogP contribution is 2.27. The first-order valence-electron chi connectivity index (χ1n) is 7.20. The number of nitrogens with one attached hydrogen (secondary N) is 2. The van der Waals surface area contributed by atoms with Gasteiger partial charge < -0.3 is 10.6 Å². The third-order valence-electron chi connectivity index (χ3n) is 3.23. The van der Waals surface area contributed by atoms with E-state index in [0.29, 0.717) is 5.92 Å². The summed E-state index contributed by atoms with van der Waals surface area (Å²) < 4.78 is 0. The molecule has 0 saturated heterocycles. The lowest BCUT2D eigenvalue weighted by Crippen LogP contribution is -2.30. The van der Waals surface area contributed by atoms with Gasteiger partial charge in [0.1, 0.15) is 0 Å². The van der Waals surface area contributed by atoms with Gasteiger partial charge in [-0.05, 0) is 30.4 Å². The Kier molecular flexibility index (Phi) is 6.40. The van der Waals surface area contributed by atoms with Crippen molar-refractivity contribution in [3.05, 3.63) is 29.3 Å². The first-order valence-corrected chi connectivity index (χ1v) is 7.20. The number of carbonyl (C=O) groups is 1. The Labute approximate surface area is 116 Å². The summed E-state index contributed by atoms with van der Waals surface area (Å²) >= 11 is 0. The van der Waals surface area contributed by atoms with Crippen LogP contribution in [-0.2, 0) is 0 Å². The molecule has 0 heterocycles. The van der Waals surface area contributed by atoms with Crippen LogP contribution in [0.3, 0.4) is 0 Å². The van der Waals surface area contributed by atoms with Gasteiger partial charge in [0.2, 0.25) is 0 Å². The fourth-order valence-corrected chi connectivity index (χ4v) is 2.08. The summed E-state index contributed by atoms with van der Waals surface area (Å²) in [7, 11) is 0. The summed E-state index contributed by atoms with van der Waals surface area (Å²) in [4.78, 5) is 11.9. The molecule has 0 spiro atoms. The predicted octanol–water partition coefficient (Wildman–Crippen LogP) is 4.43. The molecule has 19 heavy (non-hydrogen) atoms. The van der Waals surface area contributed by atoms with Crippen LogP contribution in [0.4, 0.5) is 10.5 Å². The minimum absolute atomic E-state index is 0.104. The Morgan fingerprint density at radius 2 is 2.00 bits per heavy atom. The molecule has 0 aliphatic rings. The van der Waals surface area contributed by atoms with Gasteiger partial charge in [-0.25, -0.2) is 4.79 Å². The number of amides is 2. The molecule has 0 radical (unpaired) electrons. The maximum Gasteiger partial charge on any atom is 0.319 e. The van der Waals surface area contributed by atoms with Crippen molar-refractivity contribution >= 4 is 11.7 Å². The van der Waals surface area contributed by atoms with Crippen molar-refractivity contribution in [2.75, 3.05) is 11.9 Å². The predicted molar refractivity (Wildman–Crippen MR) is 81.8 cm³/mol. The summed E-state index contributed by atoms with van der Waals surface area (Å²) in [5.74, 6) is 0.398. The second-order valence-electron chi connectivity index (χ2n) is 5.28. The van der Waals surface area contributed by atoms with Crippen LogP contribution in [-0.4, -0.2) is 12.6 Å². The van der Waals surface area contributed by atoms with Crippen LogP contribution in [0.25, 0.3) is 0 Å². The number of carbonyl (C=O) groups excluding carboxylic acids is 1. The van der Waals surface area contributed by atoms with Gasteiger partial charge in [-0.15, -0.1) is 0 Å². The lowest BCUT2D eigenvalue weighted by atomic mass is 9.98. The average molecular weight is 262 g/mol. The van der Waals surface area contributed by atoms with Gasteiger partial charge >= 0.3 is 6.03 Å². The van der Waals surface area contributed by atoms with Gasteiger partial charge in [0.05, 0.1) is 0 Å². The van der Waals surface area contributed by atoms with E-state index < -0.39 is 0 Å². The minimum atomic E-state index is -0.104. The fourth-order valence-electron chi connectivity index (χ4n) is 2.08. The molecule has 1 aromatic carbocycles. The molecule has 0 atom stereocenters. The van der Waals surface area contributed by atoms with Crippen LogP contribution >= 0.6 is 0 Å². The van der Waals surface area contributed by atoms with E-state index in [1.54, 1.807) is 0 Å². The van der Waals surface area contributed by atoms with E-state index in [1.807, 2.05) is 19.1 Å². The number of anilines is 1. The van der Waals surface area contributed by atoms with E-state index in [4.69, 9.17) is 0 Å². The number of benzene rings is 1. The van der Waals surface area contributed by atoms with E-state index in [1.165, 1.54) is 12.0 Å². The quantitative estimate of drug-likeness (QED) is 0.732. The zero-order valence-electron chi connectivity index (χ0n) is 12.5. The molecule has 0 aliphatic heterocycles. The highest BCUT2D eigenvalue weighted by atomic mass is 16.2. The number of para-hydroxylation sites is 1. The third kappa shape index (κ3) is 4.93. The van der Waals surface area contributed by atoms with E-state index in [2.05, 4.69) is 37.5 Å². The van der Waals surface area contributed by atoms with Crippen molar-refractivity contribution in [1.82, 2.24) is 5.32 Å². The second kappa shape index (κ2) is 7.82. The van der Waals surface area contributed by atoms with Crippen molar-refractivity contribution < 1.29 is 4.79 Å². The molecule has 0 bridgehead atoms. The van der Waals surface area contributed by atoms with Gasteiger partial charge in [0.25, 0.3) is 0 Å². The molecule has 0 fully saturated rings. The Morgan fingerprint density at radius 1 is 1.26 bits per heavy atom. The second-order valence-corrected chi connectivity index (χ2v) is 5.28. The smallest absolute Gasteiger partial charge is 0.319 e. The molecular formula is C16H26N2O. The van der Waals surface area contributed by atoms with Gasteiger partial charge in [-0.2, -0.15) is 0 Å². The Morgan fingerprint density at radius 3 is 2.63 bits per heavy atom. The normalized spacial score (nSPS) is 10.6. The molecule has 1 aromatic rings. The summed E-state index contributed by atoms with van der Waals surface area (Å²) in [5.41, 5.74) is 3.24. The molecule has 1 rings (SSSR count). The molecule has 2 amide bonds. The Bertz CT molecular complexity index is 413. The van der Waals surface area contributed by atoms with Crippen LogP contribution in [0.15, 0.2) is 18.2 Å². The maximum atomic E-state index is 11.9. The largest absolute Gasteiger partial charge is 0.338 e. The van der Waals surface area contributed by atoms with E-state index in [0.717, 1.165) is 30.6 Å². The molecule has 106 valence electrons. The van der Waals surface area contributed by atoms with Crippen LogP contribution in [0.2, 0.25) is 0 Å². The molecule has 3 nitrogen and oxygen atoms in total. The first-order chi connectivity index (χ1) is 9.06. The lowest BCUT2D eigenvalue weighted by Gasteiger charge is -2.16. The molecule has 0 saturated carbocycles. The van der Waals surface area contributed by atoms with Crippen molar-refractivity contribution in [1.29, 1.82) is 0 Å². The number of rotatable bonds is 6. The van der Waals surface area contributed by atoms with E-state index in [9.17, 15) is 4.79 Å². The number of unbranched alkanes of at least 4 members (excludes halogenated alkanes) is 2. The lowest BCUT2D eigenvalue weighted by molar-refractivity contribution is 0.252. The summed E-state index contributed by atoms with van der Waals surface area (Å²) in [6, 6.07) is 6.03. The zero-order chi connectivity index (χ0) is 14.3. The number of hydrogen-bond acceptors (Lipinski definition) is 1. The summed E-state index contributed by atoms with van der Waals surface area (Å²) in [5, 5.41) is 5.90. The van der Waals surface area contributed by atoms with E-state index in [-0.39, 0.29) is 6.03 Å². The van der Waals surface area contributed by atoms with Crippen LogP contribution < -0.4 is 10.6 Å². The van der Waals surface area contributed by atoms with Gasteiger partial charge in [-0.1, -0.05) is 51.8 Å². The number of urea groups is 1. The maximum absolute atomic E-state index is 11.9. The topological polar surface area (TPSA) is 41.1 Å². The highest BCUT2D eigenvalue weighted by molar-refractivity contribution is 5.91. The molecule has 3 heteroatoms. The number of hydrogen-bond donors (Lipinski definition) is 2. The van der Waals surface area contributed by atoms with Crippen LogP contribution in [0.1, 0.15) is 57.1 Å². The van der Waals surface area contributed by atoms with Crippen LogP contribution in [0.5, 0.6) is 0 Å². The summed E-state index contributed by atoms with van der Waals surface area (Å²) in [6.07, 6.45) is 3.36. The van der Waals surface area contributed by atoms with Crippen molar-refractivity contribution in [3.8, 4) is 0 Å². The minimum Gasteiger partial charge on any atom is -0.338 e. The standard InChI is InChI=1S/C16H26N2O/c1-5-6-7-11-17-16(19)18-15-13(4)9-8-10-14(15)12(2)3/h8-10,12H,5-7,11H2,1-4H3,(H2,17,18,19).